The minimum Gasteiger partial charge on any atom is -0.477 e. The van der Waals surface area contributed by atoms with Gasteiger partial charge in [0.1, 0.15) is 27.1 Å². The van der Waals surface area contributed by atoms with Gasteiger partial charge in [-0.15, -0.1) is 23.3 Å². The first-order valence-corrected chi connectivity index (χ1v) is 13.6. The number of carboxylic acid groups (broad SMARTS) is 1. The zero-order valence-corrected chi connectivity index (χ0v) is 22.4. The topological polar surface area (TPSA) is 194 Å². The number of hydrogen-bond donors (Lipinski definition) is 3. The van der Waals surface area contributed by atoms with E-state index in [1.165, 1.54) is 28.2 Å². The van der Waals surface area contributed by atoms with Crippen LogP contribution in [0.5, 0.6) is 0 Å². The highest BCUT2D eigenvalue weighted by Gasteiger charge is 2.54. The molecule has 0 spiro atoms. The highest BCUT2D eigenvalue weighted by atomic mass is 35.5. The number of terminal acetylenes is 1. The molecule has 2 aliphatic heterocycles. The molecule has 1 unspecified atom stereocenters. The number of anilines is 1. The lowest BCUT2D eigenvalue weighted by Gasteiger charge is -2.49. The van der Waals surface area contributed by atoms with Gasteiger partial charge in [0.05, 0.1) is 0 Å². The molecule has 2 atom stereocenters. The molecule has 2 aromatic rings. The maximum atomic E-state index is 13.1. The van der Waals surface area contributed by atoms with Gasteiger partial charge in [-0.05, 0) is 16.0 Å². The number of hydrogen-bond acceptors (Lipinski definition) is 13. The first kappa shape index (κ1) is 27.4. The van der Waals surface area contributed by atoms with Gasteiger partial charge in [0.25, 0.3) is 11.8 Å². The predicted molar refractivity (Wildman–Crippen MR) is 137 cm³/mol. The second-order valence-electron chi connectivity index (χ2n) is 7.31. The molecule has 3 N–H and O–H groups in total. The van der Waals surface area contributed by atoms with Crippen molar-refractivity contribution in [2.45, 2.75) is 16.6 Å². The molecule has 3 amide bonds. The number of carboxylic acids is 1. The average Bonchev–Trinajstić information content (AvgIpc) is 3.47. The van der Waals surface area contributed by atoms with E-state index < -0.39 is 29.2 Å². The molecule has 0 aromatic carbocycles. The summed E-state index contributed by atoms with van der Waals surface area (Å²) in [6.45, 7) is -0.259. The number of fused-ring (bicyclic) bond motifs is 1. The zero-order chi connectivity index (χ0) is 27.4. The molecular formula is C19H16ClN9O6S3. The van der Waals surface area contributed by atoms with Crippen LogP contribution in [0.1, 0.15) is 5.69 Å². The number of aryl methyl sites for hydroxylation is 1. The SMILES string of the molecule is C#CCO/N=C(\C(=O)NC1C(=O)N2C(C(=O)O)=C(CSc3nnnn3C)CS[C@H]12)c1nc(NC=O)sc1Cl. The Morgan fingerprint density at radius 1 is 1.47 bits per heavy atom. The minimum absolute atomic E-state index is 0.0255. The van der Waals surface area contributed by atoms with Gasteiger partial charge in [0.15, 0.2) is 17.5 Å². The number of aromatic nitrogens is 5. The molecule has 0 aliphatic carbocycles. The number of halogens is 1. The number of amides is 3. The van der Waals surface area contributed by atoms with Crippen molar-refractivity contribution < 1.29 is 29.1 Å². The van der Waals surface area contributed by atoms with Gasteiger partial charge in [-0.1, -0.05) is 45.8 Å². The van der Waals surface area contributed by atoms with E-state index in [-0.39, 0.29) is 38.9 Å². The number of carbonyl (C=O) groups is 4. The van der Waals surface area contributed by atoms with Crippen LogP contribution in [-0.4, -0.2) is 94.6 Å². The number of oxime groups is 1. The van der Waals surface area contributed by atoms with Crippen LogP contribution in [0.4, 0.5) is 5.13 Å². The molecule has 38 heavy (non-hydrogen) atoms. The van der Waals surface area contributed by atoms with E-state index in [0.717, 1.165) is 16.2 Å². The molecule has 0 radical (unpaired) electrons. The normalized spacial score (nSPS) is 18.8. The third kappa shape index (κ3) is 5.45. The molecule has 0 saturated carbocycles. The number of rotatable bonds is 11. The van der Waals surface area contributed by atoms with Crippen molar-refractivity contribution in [3.63, 3.8) is 0 Å². The Morgan fingerprint density at radius 3 is 2.92 bits per heavy atom. The number of nitrogens with zero attached hydrogens (tertiary/aromatic N) is 7. The molecule has 15 nitrogen and oxygen atoms in total. The number of carbonyl (C=O) groups excluding carboxylic acids is 3. The monoisotopic (exact) mass is 597 g/mol. The molecule has 4 heterocycles. The van der Waals surface area contributed by atoms with Gasteiger partial charge in [0, 0.05) is 18.6 Å². The van der Waals surface area contributed by atoms with E-state index in [4.69, 9.17) is 22.9 Å². The molecule has 2 aromatic heterocycles. The standard InChI is InChI=1S/C19H16ClN9O6S3/c1-3-4-35-25-10(9-13(20)38-18(23-9)21-7-30)14(31)22-11-15(32)29-12(17(33)34)8(5-36-16(11)29)6-37-19-24-26-27-28(19)2/h1,7,11,16H,4-6H2,2H3,(H,22,31)(H,33,34)(H,21,23,30)/b25-10-/t11?,16-/m1/s1. The van der Waals surface area contributed by atoms with Crippen molar-refractivity contribution in [3.05, 3.63) is 21.3 Å². The lowest BCUT2D eigenvalue weighted by atomic mass is 10.0. The highest BCUT2D eigenvalue weighted by molar-refractivity contribution is 8.01. The lowest BCUT2D eigenvalue weighted by Crippen LogP contribution is -2.71. The van der Waals surface area contributed by atoms with E-state index in [1.54, 1.807) is 7.05 Å². The van der Waals surface area contributed by atoms with Crippen LogP contribution in [-0.2, 0) is 31.1 Å². The van der Waals surface area contributed by atoms with Gasteiger partial charge >= 0.3 is 5.97 Å². The van der Waals surface area contributed by atoms with Crippen molar-refractivity contribution in [1.82, 2.24) is 35.4 Å². The average molecular weight is 598 g/mol. The Kier molecular flexibility index (Phi) is 8.51. The maximum Gasteiger partial charge on any atom is 0.352 e. The van der Waals surface area contributed by atoms with Gasteiger partial charge in [-0.25, -0.2) is 14.5 Å². The number of β-lactam (4-membered cyclic amide) rings is 1. The van der Waals surface area contributed by atoms with Crippen molar-refractivity contribution in [1.29, 1.82) is 0 Å². The fraction of sp³-hybridized carbons (Fsp3) is 0.316. The molecule has 198 valence electrons. The van der Waals surface area contributed by atoms with Gasteiger partial charge in [0.2, 0.25) is 11.6 Å². The Labute approximate surface area is 231 Å². The van der Waals surface area contributed by atoms with Crippen LogP contribution >= 0.6 is 46.5 Å². The van der Waals surface area contributed by atoms with E-state index in [1.807, 2.05) is 0 Å². The summed E-state index contributed by atoms with van der Waals surface area (Å²) in [4.78, 5) is 59.1. The second kappa shape index (κ2) is 11.8. The quantitative estimate of drug-likeness (QED) is 0.0587. The van der Waals surface area contributed by atoms with E-state index in [9.17, 15) is 24.3 Å². The number of thiazole rings is 1. The first-order valence-electron chi connectivity index (χ1n) is 10.3. The predicted octanol–water partition coefficient (Wildman–Crippen LogP) is -0.227. The molecule has 4 rings (SSSR count). The minimum atomic E-state index is -1.27. The fourth-order valence-corrected chi connectivity index (χ4v) is 6.72. The summed E-state index contributed by atoms with van der Waals surface area (Å²) in [5.74, 6) is -0.00601. The van der Waals surface area contributed by atoms with E-state index in [2.05, 4.69) is 42.2 Å². The fourth-order valence-electron chi connectivity index (χ4n) is 3.39. The summed E-state index contributed by atoms with van der Waals surface area (Å²) in [6.07, 6.45) is 5.55. The van der Waals surface area contributed by atoms with E-state index in [0.29, 0.717) is 22.9 Å². The summed E-state index contributed by atoms with van der Waals surface area (Å²) in [7, 11) is 1.65. The summed E-state index contributed by atoms with van der Waals surface area (Å²) >= 11 is 9.58. The second-order valence-corrected chi connectivity index (χ2v) is 11.0. The van der Waals surface area contributed by atoms with E-state index >= 15 is 0 Å². The molecule has 19 heteroatoms. The number of nitrogens with one attached hydrogen (secondary N) is 2. The van der Waals surface area contributed by atoms with Crippen molar-refractivity contribution in [3.8, 4) is 12.3 Å². The van der Waals surface area contributed by atoms with Crippen LogP contribution in [0.3, 0.4) is 0 Å². The third-order valence-corrected chi connectivity index (χ3v) is 8.63. The number of aliphatic carboxylic acids is 1. The largest absolute Gasteiger partial charge is 0.477 e. The Hall–Kier alpha value is -3.66. The molecule has 0 bridgehead atoms. The van der Waals surface area contributed by atoms with Gasteiger partial charge in [-0.2, -0.15) is 0 Å². The maximum absolute atomic E-state index is 13.1. The number of thioether (sulfide) groups is 2. The zero-order valence-electron chi connectivity index (χ0n) is 19.2. The molecule has 2 aliphatic rings. The number of tetrazole rings is 1. The third-order valence-electron chi connectivity index (χ3n) is 5.00. The van der Waals surface area contributed by atoms with Crippen LogP contribution in [0.25, 0.3) is 0 Å². The Morgan fingerprint density at radius 2 is 2.26 bits per heavy atom. The van der Waals surface area contributed by atoms with Crippen molar-refractivity contribution in [2.24, 2.45) is 12.2 Å². The molecule has 1 saturated heterocycles. The first-order chi connectivity index (χ1) is 18.3. The smallest absolute Gasteiger partial charge is 0.352 e. The Bertz CT molecular complexity index is 1400. The molecule has 1 fully saturated rings. The van der Waals surface area contributed by atoms with Crippen LogP contribution in [0.2, 0.25) is 4.34 Å². The lowest BCUT2D eigenvalue weighted by molar-refractivity contribution is -0.150. The Balaban J connectivity index is 1.52. The summed E-state index contributed by atoms with van der Waals surface area (Å²) < 4.78 is 1.47. The van der Waals surface area contributed by atoms with Crippen LogP contribution in [0, 0.1) is 12.3 Å². The molecular weight excluding hydrogens is 582 g/mol. The van der Waals surface area contributed by atoms with Crippen molar-refractivity contribution >= 4 is 81.5 Å². The summed E-state index contributed by atoms with van der Waals surface area (Å²) in [6, 6.07) is -1.05. The van der Waals surface area contributed by atoms with Crippen LogP contribution < -0.4 is 10.6 Å². The van der Waals surface area contributed by atoms with Gasteiger partial charge in [-0.3, -0.25) is 19.3 Å². The highest BCUT2D eigenvalue weighted by Crippen LogP contribution is 2.41. The summed E-state index contributed by atoms with van der Waals surface area (Å²) in [5.41, 5.74) is -0.112. The van der Waals surface area contributed by atoms with Gasteiger partial charge < -0.3 is 20.6 Å². The van der Waals surface area contributed by atoms with Crippen molar-refractivity contribution in [2.75, 3.05) is 23.4 Å². The summed E-state index contributed by atoms with van der Waals surface area (Å²) in [5, 5.41) is 29.5. The van der Waals surface area contributed by atoms with Crippen LogP contribution in [0.15, 0.2) is 21.6 Å².